The predicted molar refractivity (Wildman–Crippen MR) is 61.8 cm³/mol. The van der Waals surface area contributed by atoms with E-state index in [4.69, 9.17) is 17.3 Å². The summed E-state index contributed by atoms with van der Waals surface area (Å²) in [5.74, 6) is -0.160. The van der Waals surface area contributed by atoms with Crippen LogP contribution < -0.4 is 14.9 Å². The van der Waals surface area contributed by atoms with Crippen LogP contribution in [0.15, 0.2) is 10.5 Å². The van der Waals surface area contributed by atoms with Gasteiger partial charge < -0.3 is 9.47 Å². The zero-order valence-electron chi connectivity index (χ0n) is 8.64. The molecule has 1 rings (SSSR count). The molecule has 0 bridgehead atoms. The molecule has 0 saturated carbocycles. The van der Waals surface area contributed by atoms with Gasteiger partial charge in [-0.3, -0.25) is 0 Å². The molecule has 0 fully saturated rings. The molecule has 0 N–H and O–H groups in total. The van der Waals surface area contributed by atoms with Crippen LogP contribution in [0.4, 0.5) is 4.39 Å². The van der Waals surface area contributed by atoms with E-state index in [2.05, 4.69) is 15.9 Å². The van der Waals surface area contributed by atoms with Crippen molar-refractivity contribution in [3.63, 3.8) is 0 Å². The normalized spacial score (nSPS) is 10.1. The van der Waals surface area contributed by atoms with Gasteiger partial charge in [0.25, 0.3) is 0 Å². The summed E-state index contributed by atoms with van der Waals surface area (Å²) in [6, 6.07) is 1.60. The van der Waals surface area contributed by atoms with E-state index in [-0.39, 0.29) is 11.2 Å². The van der Waals surface area contributed by atoms with Crippen molar-refractivity contribution in [3.05, 3.63) is 16.4 Å². The summed E-state index contributed by atoms with van der Waals surface area (Å²) in [5, 5.41) is 0. The molecular formula is C10H11BBrFO2. The first-order chi connectivity index (χ1) is 7.11. The summed E-state index contributed by atoms with van der Waals surface area (Å²) in [6.07, 6.45) is 0. The first kappa shape index (κ1) is 12.4. The quantitative estimate of drug-likeness (QED) is 0.783. The minimum Gasteiger partial charge on any atom is -0.490 e. The highest BCUT2D eigenvalue weighted by Gasteiger charge is 2.16. The predicted octanol–water partition coefficient (Wildman–Crippen LogP) is 2.18. The first-order valence-corrected chi connectivity index (χ1v) is 5.44. The molecule has 1 aromatic carbocycles. The molecule has 5 heteroatoms. The Kier molecular flexibility index (Phi) is 4.45. The van der Waals surface area contributed by atoms with Crippen molar-refractivity contribution in [2.75, 3.05) is 13.2 Å². The number of hydrogen-bond acceptors (Lipinski definition) is 2. The highest BCUT2D eigenvalue weighted by atomic mass is 79.9. The van der Waals surface area contributed by atoms with Gasteiger partial charge in [-0.1, -0.05) is 15.9 Å². The van der Waals surface area contributed by atoms with E-state index >= 15 is 0 Å². The Balaban J connectivity index is 3.23. The minimum atomic E-state index is -0.588. The smallest absolute Gasteiger partial charge is 0.196 e. The maximum absolute atomic E-state index is 13.7. The molecule has 0 heterocycles. The maximum atomic E-state index is 13.7. The molecule has 1 aromatic rings. The summed E-state index contributed by atoms with van der Waals surface area (Å²) < 4.78 is 24.5. The molecule has 0 atom stereocenters. The Morgan fingerprint density at radius 1 is 1.33 bits per heavy atom. The molecule has 0 aliphatic heterocycles. The fourth-order valence-electron chi connectivity index (χ4n) is 1.14. The molecule has 15 heavy (non-hydrogen) atoms. The van der Waals surface area contributed by atoms with E-state index in [1.807, 2.05) is 6.92 Å². The average molecular weight is 273 g/mol. The van der Waals surface area contributed by atoms with Crippen molar-refractivity contribution < 1.29 is 13.9 Å². The third-order valence-electron chi connectivity index (χ3n) is 1.76. The van der Waals surface area contributed by atoms with E-state index in [0.717, 1.165) is 0 Å². The van der Waals surface area contributed by atoms with Crippen LogP contribution in [0.2, 0.25) is 0 Å². The lowest BCUT2D eigenvalue weighted by atomic mass is 9.95. The number of hydrogen-bond donors (Lipinski definition) is 0. The second-order valence-electron chi connectivity index (χ2n) is 2.78. The van der Waals surface area contributed by atoms with Gasteiger partial charge in [-0.15, -0.1) is 0 Å². The summed E-state index contributed by atoms with van der Waals surface area (Å²) >= 11 is 3.15. The van der Waals surface area contributed by atoms with Crippen molar-refractivity contribution in [3.8, 4) is 11.5 Å². The number of benzene rings is 1. The highest BCUT2D eigenvalue weighted by Crippen LogP contribution is 2.32. The third-order valence-corrected chi connectivity index (χ3v) is 2.42. The minimum absolute atomic E-state index is 0.0295. The van der Waals surface area contributed by atoms with Crippen molar-refractivity contribution in [2.24, 2.45) is 0 Å². The lowest BCUT2D eigenvalue weighted by Gasteiger charge is -2.14. The molecule has 0 saturated heterocycles. The monoisotopic (exact) mass is 272 g/mol. The zero-order valence-corrected chi connectivity index (χ0v) is 10.2. The Bertz CT molecular complexity index is 358. The van der Waals surface area contributed by atoms with Gasteiger partial charge in [0.1, 0.15) is 7.85 Å². The molecule has 0 aromatic heterocycles. The van der Waals surface area contributed by atoms with E-state index < -0.39 is 5.82 Å². The maximum Gasteiger partial charge on any atom is 0.196 e. The van der Waals surface area contributed by atoms with Crippen LogP contribution in [0.25, 0.3) is 0 Å². The van der Waals surface area contributed by atoms with Crippen molar-refractivity contribution >= 4 is 29.2 Å². The second-order valence-corrected chi connectivity index (χ2v) is 3.63. The average Bonchev–Trinajstić information content (AvgIpc) is 2.21. The van der Waals surface area contributed by atoms with Crippen LogP contribution in [0.5, 0.6) is 11.5 Å². The number of rotatable bonds is 4. The number of ether oxygens (including phenoxy) is 2. The van der Waals surface area contributed by atoms with Crippen molar-refractivity contribution in [2.45, 2.75) is 13.8 Å². The highest BCUT2D eigenvalue weighted by molar-refractivity contribution is 9.10. The Labute approximate surface area is 98.3 Å². The van der Waals surface area contributed by atoms with E-state index in [0.29, 0.717) is 23.4 Å². The van der Waals surface area contributed by atoms with Crippen molar-refractivity contribution in [1.29, 1.82) is 0 Å². The van der Waals surface area contributed by atoms with Crippen LogP contribution >= 0.6 is 15.9 Å². The van der Waals surface area contributed by atoms with Gasteiger partial charge in [-0.2, -0.15) is 0 Å². The van der Waals surface area contributed by atoms with Crippen LogP contribution in [0.3, 0.4) is 0 Å². The molecule has 0 spiro atoms. The van der Waals surface area contributed by atoms with Gasteiger partial charge in [0, 0.05) is 4.47 Å². The molecule has 2 radical (unpaired) electrons. The first-order valence-electron chi connectivity index (χ1n) is 4.64. The lowest BCUT2D eigenvalue weighted by Crippen LogP contribution is -2.14. The zero-order chi connectivity index (χ0) is 11.4. The Morgan fingerprint density at radius 2 is 1.93 bits per heavy atom. The van der Waals surface area contributed by atoms with E-state index in [1.54, 1.807) is 13.0 Å². The molecule has 0 aliphatic rings. The van der Waals surface area contributed by atoms with Crippen LogP contribution in [-0.2, 0) is 0 Å². The van der Waals surface area contributed by atoms with Crippen molar-refractivity contribution in [1.82, 2.24) is 0 Å². The fourth-order valence-corrected chi connectivity index (χ4v) is 1.52. The summed E-state index contributed by atoms with van der Waals surface area (Å²) in [6.45, 7) is 4.39. The lowest BCUT2D eigenvalue weighted by molar-refractivity contribution is 0.276. The second kappa shape index (κ2) is 5.40. The third kappa shape index (κ3) is 2.65. The van der Waals surface area contributed by atoms with E-state index in [1.165, 1.54) is 0 Å². The van der Waals surface area contributed by atoms with Gasteiger partial charge >= 0.3 is 0 Å². The SMILES string of the molecule is [B]c1c(Br)cc(OCC)c(OCC)c1F. The van der Waals surface area contributed by atoms with Crippen LogP contribution in [0.1, 0.15) is 13.8 Å². The standard InChI is InChI=1S/C10H11BBrFO2/c1-3-14-7-5-6(12)8(11)9(13)10(7)15-4-2/h5H,3-4H2,1-2H3. The topological polar surface area (TPSA) is 18.5 Å². The Hall–Kier alpha value is -0.705. The van der Waals surface area contributed by atoms with Crippen LogP contribution in [-0.4, -0.2) is 21.1 Å². The summed E-state index contributed by atoms with van der Waals surface area (Å²) in [7, 11) is 5.52. The molecule has 2 nitrogen and oxygen atoms in total. The largest absolute Gasteiger partial charge is 0.490 e. The van der Waals surface area contributed by atoms with Gasteiger partial charge in [0.05, 0.1) is 13.2 Å². The molecule has 80 valence electrons. The Morgan fingerprint density at radius 3 is 2.47 bits per heavy atom. The van der Waals surface area contributed by atoms with Gasteiger partial charge in [-0.05, 0) is 25.4 Å². The van der Waals surface area contributed by atoms with Gasteiger partial charge in [0.2, 0.25) is 0 Å². The summed E-state index contributed by atoms with van der Waals surface area (Å²) in [4.78, 5) is 0. The molecule has 0 amide bonds. The molecule has 0 aliphatic carbocycles. The van der Waals surface area contributed by atoms with Gasteiger partial charge in [-0.25, -0.2) is 4.39 Å². The number of halogens is 2. The van der Waals surface area contributed by atoms with E-state index in [9.17, 15) is 4.39 Å². The summed E-state index contributed by atoms with van der Waals surface area (Å²) in [5.41, 5.74) is 0.0295. The molecular weight excluding hydrogens is 262 g/mol. The van der Waals surface area contributed by atoms with Crippen LogP contribution in [0, 0.1) is 5.82 Å². The fraction of sp³-hybridized carbons (Fsp3) is 0.400. The molecule has 0 unspecified atom stereocenters. The van der Waals surface area contributed by atoms with Gasteiger partial charge in [0.15, 0.2) is 17.3 Å².